The van der Waals surface area contributed by atoms with Gasteiger partial charge in [-0.3, -0.25) is 4.79 Å². The largest absolute Gasteiger partial charge is 0.383 e. The van der Waals surface area contributed by atoms with Crippen molar-refractivity contribution in [2.45, 2.75) is 57.1 Å². The van der Waals surface area contributed by atoms with E-state index in [1.165, 1.54) is 30.4 Å². The molecule has 1 aromatic carbocycles. The van der Waals surface area contributed by atoms with E-state index < -0.39 is 6.10 Å². The Balaban J connectivity index is 1.23. The van der Waals surface area contributed by atoms with Crippen LogP contribution >= 0.6 is 0 Å². The van der Waals surface area contributed by atoms with Crippen LogP contribution in [0.1, 0.15) is 43.2 Å². The normalized spacial score (nSPS) is 26.0. The molecule has 1 aliphatic heterocycles. The first-order valence-electron chi connectivity index (χ1n) is 9.96. The second-order valence-corrected chi connectivity index (χ2v) is 8.24. The number of rotatable bonds is 5. The summed E-state index contributed by atoms with van der Waals surface area (Å²) in [7, 11) is 0. The molecule has 4 nitrogen and oxygen atoms in total. The zero-order valence-corrected chi connectivity index (χ0v) is 15.0. The topological polar surface area (TPSA) is 52.6 Å². The van der Waals surface area contributed by atoms with Crippen LogP contribution in [0, 0.1) is 11.8 Å². The number of fused-ring (bicyclic) bond motifs is 1. The SMILES string of the molecule is O=C(NC1CC1)[C@@H](O)C1CCN(C[C@H]2CCc3ccccc3C2)CC1. The fourth-order valence-corrected chi connectivity index (χ4v) is 4.47. The lowest BCUT2D eigenvalue weighted by atomic mass is 9.83. The van der Waals surface area contributed by atoms with Gasteiger partial charge in [-0.05, 0) is 81.0 Å². The number of amides is 1. The van der Waals surface area contributed by atoms with Crippen molar-refractivity contribution in [3.8, 4) is 0 Å². The van der Waals surface area contributed by atoms with Crippen LogP contribution in [0.3, 0.4) is 0 Å². The third-order valence-electron chi connectivity index (χ3n) is 6.24. The van der Waals surface area contributed by atoms with E-state index in [0.717, 1.165) is 51.2 Å². The molecule has 1 saturated carbocycles. The van der Waals surface area contributed by atoms with Crippen molar-refractivity contribution in [2.75, 3.05) is 19.6 Å². The minimum Gasteiger partial charge on any atom is -0.383 e. The number of nitrogens with zero attached hydrogens (tertiary/aromatic N) is 1. The molecule has 25 heavy (non-hydrogen) atoms. The van der Waals surface area contributed by atoms with Gasteiger partial charge < -0.3 is 15.3 Å². The predicted octanol–water partition coefficient (Wildman–Crippen LogP) is 2.14. The Morgan fingerprint density at radius 2 is 1.84 bits per heavy atom. The summed E-state index contributed by atoms with van der Waals surface area (Å²) in [6, 6.07) is 9.18. The lowest BCUT2D eigenvalue weighted by molar-refractivity contribution is -0.133. The fraction of sp³-hybridized carbons (Fsp3) is 0.667. The average Bonchev–Trinajstić information content (AvgIpc) is 3.45. The molecule has 3 aliphatic rings. The Bertz CT molecular complexity index is 606. The highest BCUT2D eigenvalue weighted by molar-refractivity contribution is 5.81. The summed E-state index contributed by atoms with van der Waals surface area (Å²) in [5.74, 6) is 0.724. The lowest BCUT2D eigenvalue weighted by Gasteiger charge is -2.36. The van der Waals surface area contributed by atoms with E-state index in [-0.39, 0.29) is 11.8 Å². The van der Waals surface area contributed by atoms with Gasteiger partial charge in [0.05, 0.1) is 0 Å². The zero-order valence-electron chi connectivity index (χ0n) is 15.0. The van der Waals surface area contributed by atoms with Crippen LogP contribution in [-0.2, 0) is 17.6 Å². The molecule has 2 aliphatic carbocycles. The standard InChI is InChI=1S/C21H30N2O2/c24-20(21(25)22-19-7-8-19)17-9-11-23(12-10-17)14-15-5-6-16-3-1-2-4-18(16)13-15/h1-4,15,17,19-20,24H,5-14H2,(H,22,25)/t15-,20-/m0/s1. The van der Waals surface area contributed by atoms with Crippen molar-refractivity contribution in [1.29, 1.82) is 0 Å². The molecule has 2 atom stereocenters. The van der Waals surface area contributed by atoms with Crippen LogP contribution in [0.25, 0.3) is 0 Å². The maximum atomic E-state index is 12.0. The number of hydrogen-bond acceptors (Lipinski definition) is 3. The Morgan fingerprint density at radius 1 is 1.12 bits per heavy atom. The van der Waals surface area contributed by atoms with Crippen LogP contribution in [0.2, 0.25) is 0 Å². The summed E-state index contributed by atoms with van der Waals surface area (Å²) in [5, 5.41) is 13.2. The van der Waals surface area contributed by atoms with E-state index in [0.29, 0.717) is 6.04 Å². The number of aryl methyl sites for hydroxylation is 1. The van der Waals surface area contributed by atoms with Gasteiger partial charge >= 0.3 is 0 Å². The van der Waals surface area contributed by atoms with Gasteiger partial charge in [0.2, 0.25) is 5.91 Å². The summed E-state index contributed by atoms with van der Waals surface area (Å²) in [6.07, 6.45) is 6.88. The van der Waals surface area contributed by atoms with Crippen LogP contribution in [0.4, 0.5) is 0 Å². The molecule has 0 radical (unpaired) electrons. The quantitative estimate of drug-likeness (QED) is 0.862. The maximum absolute atomic E-state index is 12.0. The first kappa shape index (κ1) is 17.0. The van der Waals surface area contributed by atoms with Crippen molar-refractivity contribution >= 4 is 5.91 Å². The average molecular weight is 342 g/mol. The molecular formula is C21H30N2O2. The van der Waals surface area contributed by atoms with Crippen molar-refractivity contribution < 1.29 is 9.90 Å². The molecule has 0 aromatic heterocycles. The van der Waals surface area contributed by atoms with E-state index in [1.54, 1.807) is 0 Å². The van der Waals surface area contributed by atoms with Gasteiger partial charge in [0.1, 0.15) is 6.10 Å². The highest BCUT2D eigenvalue weighted by Gasteiger charge is 2.33. The second kappa shape index (κ2) is 7.46. The van der Waals surface area contributed by atoms with Crippen LogP contribution in [0.15, 0.2) is 24.3 Å². The molecular weight excluding hydrogens is 312 g/mol. The van der Waals surface area contributed by atoms with Crippen molar-refractivity contribution in [2.24, 2.45) is 11.8 Å². The summed E-state index contributed by atoms with van der Waals surface area (Å²) < 4.78 is 0. The van der Waals surface area contributed by atoms with Gasteiger partial charge in [-0.15, -0.1) is 0 Å². The van der Waals surface area contributed by atoms with Crippen LogP contribution in [0.5, 0.6) is 0 Å². The highest BCUT2D eigenvalue weighted by atomic mass is 16.3. The van der Waals surface area contributed by atoms with Crippen LogP contribution in [-0.4, -0.2) is 47.7 Å². The molecule has 2 N–H and O–H groups in total. The number of piperidine rings is 1. The van der Waals surface area contributed by atoms with Gasteiger partial charge in [-0.25, -0.2) is 0 Å². The Hall–Kier alpha value is -1.39. The van der Waals surface area contributed by atoms with Crippen molar-refractivity contribution in [3.05, 3.63) is 35.4 Å². The number of likely N-dealkylation sites (tertiary alicyclic amines) is 1. The number of carbonyl (C=O) groups is 1. The molecule has 1 saturated heterocycles. The monoisotopic (exact) mass is 342 g/mol. The summed E-state index contributed by atoms with van der Waals surface area (Å²) >= 11 is 0. The smallest absolute Gasteiger partial charge is 0.249 e. The molecule has 4 heteroatoms. The van der Waals surface area contributed by atoms with Gasteiger partial charge in [-0.2, -0.15) is 0 Å². The number of aliphatic hydroxyl groups is 1. The Labute approximate surface area is 150 Å². The number of benzene rings is 1. The second-order valence-electron chi connectivity index (χ2n) is 8.24. The molecule has 136 valence electrons. The number of hydrogen-bond donors (Lipinski definition) is 2. The Morgan fingerprint density at radius 3 is 2.56 bits per heavy atom. The number of nitrogens with one attached hydrogen (secondary N) is 1. The van der Waals surface area contributed by atoms with Crippen LogP contribution < -0.4 is 5.32 Å². The highest BCUT2D eigenvalue weighted by Crippen LogP contribution is 2.28. The first-order chi connectivity index (χ1) is 12.2. The van der Waals surface area contributed by atoms with E-state index >= 15 is 0 Å². The van der Waals surface area contributed by atoms with Crippen molar-refractivity contribution in [3.63, 3.8) is 0 Å². The summed E-state index contributed by atoms with van der Waals surface area (Å²) in [6.45, 7) is 3.18. The van der Waals surface area contributed by atoms with Gasteiger partial charge in [0.15, 0.2) is 0 Å². The Kier molecular flexibility index (Phi) is 5.09. The molecule has 0 bridgehead atoms. The molecule has 0 unspecified atom stereocenters. The predicted molar refractivity (Wildman–Crippen MR) is 98.3 cm³/mol. The van der Waals surface area contributed by atoms with E-state index in [1.807, 2.05) is 0 Å². The lowest BCUT2D eigenvalue weighted by Crippen LogP contribution is -2.46. The van der Waals surface area contributed by atoms with E-state index in [2.05, 4.69) is 34.5 Å². The zero-order chi connectivity index (χ0) is 17.2. The summed E-state index contributed by atoms with van der Waals surface area (Å²) in [5.41, 5.74) is 3.06. The molecule has 0 spiro atoms. The fourth-order valence-electron chi connectivity index (χ4n) is 4.47. The van der Waals surface area contributed by atoms with Gasteiger partial charge in [0, 0.05) is 12.6 Å². The van der Waals surface area contributed by atoms with Gasteiger partial charge in [0.25, 0.3) is 0 Å². The van der Waals surface area contributed by atoms with Gasteiger partial charge in [-0.1, -0.05) is 24.3 Å². The molecule has 1 amide bonds. The number of aliphatic hydroxyl groups excluding tert-OH is 1. The van der Waals surface area contributed by atoms with E-state index in [4.69, 9.17) is 0 Å². The third-order valence-corrected chi connectivity index (χ3v) is 6.24. The van der Waals surface area contributed by atoms with Crippen molar-refractivity contribution in [1.82, 2.24) is 10.2 Å². The molecule has 1 aromatic rings. The van der Waals surface area contributed by atoms with E-state index in [9.17, 15) is 9.90 Å². The number of carbonyl (C=O) groups excluding carboxylic acids is 1. The molecule has 2 fully saturated rings. The molecule has 4 rings (SSSR count). The first-order valence-corrected chi connectivity index (χ1v) is 9.96. The minimum atomic E-state index is -0.815. The summed E-state index contributed by atoms with van der Waals surface area (Å²) in [4.78, 5) is 14.6. The molecule has 1 heterocycles. The maximum Gasteiger partial charge on any atom is 0.249 e. The minimum absolute atomic E-state index is 0.127. The third kappa shape index (κ3) is 4.24.